The highest BCUT2D eigenvalue weighted by atomic mass is 16.5. The van der Waals surface area contributed by atoms with Gasteiger partial charge in [0, 0.05) is 35.1 Å². The Bertz CT molecular complexity index is 1590. The summed E-state index contributed by atoms with van der Waals surface area (Å²) in [4.78, 5) is 35.0. The van der Waals surface area contributed by atoms with Crippen molar-refractivity contribution in [3.05, 3.63) is 83.0 Å². The molecule has 0 radical (unpaired) electrons. The van der Waals surface area contributed by atoms with Crippen LogP contribution in [-0.2, 0) is 22.6 Å². The van der Waals surface area contributed by atoms with E-state index in [0.717, 1.165) is 33.3 Å². The van der Waals surface area contributed by atoms with Gasteiger partial charge in [-0.15, -0.1) is 0 Å². The number of carbonyl (C=O) groups excluding carboxylic acids is 2. The molecular weight excluding hydrogens is 510 g/mol. The summed E-state index contributed by atoms with van der Waals surface area (Å²) in [7, 11) is 6.26. The van der Waals surface area contributed by atoms with Crippen LogP contribution >= 0.6 is 0 Å². The van der Waals surface area contributed by atoms with Gasteiger partial charge in [-0.1, -0.05) is 36.4 Å². The minimum absolute atomic E-state index is 0.0484. The second-order valence-corrected chi connectivity index (χ2v) is 9.96. The summed E-state index contributed by atoms with van der Waals surface area (Å²) in [6.45, 7) is 0.179. The molecular formula is C31H31N3O6. The smallest absolute Gasteiger partial charge is 0.246 e. The maximum atomic E-state index is 14.1. The van der Waals surface area contributed by atoms with Crippen molar-refractivity contribution in [2.45, 2.75) is 25.0 Å². The summed E-state index contributed by atoms with van der Waals surface area (Å²) in [6.07, 6.45) is 0.418. The van der Waals surface area contributed by atoms with Gasteiger partial charge in [-0.2, -0.15) is 0 Å². The first-order valence-corrected chi connectivity index (χ1v) is 13.1. The molecule has 2 atom stereocenters. The number of rotatable bonds is 7. The minimum atomic E-state index is -0.662. The predicted molar refractivity (Wildman–Crippen MR) is 149 cm³/mol. The van der Waals surface area contributed by atoms with Crippen molar-refractivity contribution in [1.29, 1.82) is 0 Å². The monoisotopic (exact) mass is 541 g/mol. The third-order valence-electron chi connectivity index (χ3n) is 7.87. The highest BCUT2D eigenvalue weighted by Gasteiger charge is 2.48. The van der Waals surface area contributed by atoms with E-state index < -0.39 is 12.1 Å². The molecule has 9 nitrogen and oxygen atoms in total. The molecule has 0 saturated carbocycles. The third-order valence-corrected chi connectivity index (χ3v) is 7.87. The number of aromatic amines is 1. The summed E-state index contributed by atoms with van der Waals surface area (Å²) in [5, 5.41) is 1.05. The van der Waals surface area contributed by atoms with E-state index in [9.17, 15) is 9.59 Å². The maximum Gasteiger partial charge on any atom is 0.246 e. The number of aromatic nitrogens is 1. The number of ether oxygens (including phenoxy) is 4. The van der Waals surface area contributed by atoms with Crippen LogP contribution < -0.4 is 18.9 Å². The highest BCUT2D eigenvalue weighted by Crippen LogP contribution is 2.45. The number of carbonyl (C=O) groups is 2. The molecule has 4 aromatic rings. The van der Waals surface area contributed by atoms with Gasteiger partial charge in [0.25, 0.3) is 0 Å². The van der Waals surface area contributed by atoms with Crippen LogP contribution in [0.4, 0.5) is 0 Å². The zero-order valence-corrected chi connectivity index (χ0v) is 22.9. The number of fused-ring (bicyclic) bond motifs is 4. The zero-order chi connectivity index (χ0) is 28.0. The molecule has 3 heterocycles. The molecule has 206 valence electrons. The summed E-state index contributed by atoms with van der Waals surface area (Å²) in [6, 6.07) is 18.2. The van der Waals surface area contributed by atoms with Crippen molar-refractivity contribution in [3.63, 3.8) is 0 Å². The van der Waals surface area contributed by atoms with Gasteiger partial charge in [0.1, 0.15) is 24.4 Å². The first kappa shape index (κ1) is 25.6. The van der Waals surface area contributed by atoms with Gasteiger partial charge in [-0.05, 0) is 35.4 Å². The van der Waals surface area contributed by atoms with Crippen LogP contribution in [0.5, 0.6) is 23.0 Å². The molecule has 1 N–H and O–H groups in total. The van der Waals surface area contributed by atoms with Crippen LogP contribution in [0.25, 0.3) is 10.9 Å². The summed E-state index contributed by atoms with van der Waals surface area (Å²) >= 11 is 0. The number of para-hydroxylation sites is 2. The summed E-state index contributed by atoms with van der Waals surface area (Å²) in [5.74, 6) is 1.89. The standard InChI is InChI=1S/C31H31N3O6/c1-37-24-12-8-6-10-20(24)29-28-21(19-9-5-7-11-22(19)32-28)15-23-31(36)33(17-27(35)34(23)29)16-18-13-25(38-2)30(40-4)26(14-18)39-3/h5-14,23,29,32H,15-17H2,1-4H3/t23-,29-/m0/s1. The van der Waals surface area contributed by atoms with Crippen molar-refractivity contribution in [1.82, 2.24) is 14.8 Å². The number of hydrogen-bond donors (Lipinski definition) is 1. The van der Waals surface area contributed by atoms with Gasteiger partial charge in [-0.3, -0.25) is 9.59 Å². The predicted octanol–water partition coefficient (Wildman–Crippen LogP) is 4.09. The van der Waals surface area contributed by atoms with Crippen LogP contribution in [-0.4, -0.2) is 67.6 Å². The van der Waals surface area contributed by atoms with Gasteiger partial charge in [0.05, 0.1) is 28.4 Å². The van der Waals surface area contributed by atoms with Gasteiger partial charge < -0.3 is 33.7 Å². The number of hydrogen-bond acceptors (Lipinski definition) is 6. The fourth-order valence-electron chi connectivity index (χ4n) is 6.12. The molecule has 1 fully saturated rings. The number of amides is 2. The Morgan fingerprint density at radius 2 is 1.52 bits per heavy atom. The first-order chi connectivity index (χ1) is 19.5. The normalized spacial score (nSPS) is 18.4. The molecule has 2 amide bonds. The van der Waals surface area contributed by atoms with Crippen molar-refractivity contribution >= 4 is 22.7 Å². The van der Waals surface area contributed by atoms with E-state index in [2.05, 4.69) is 11.1 Å². The Balaban J connectivity index is 1.42. The maximum absolute atomic E-state index is 14.1. The summed E-state index contributed by atoms with van der Waals surface area (Å²) < 4.78 is 22.2. The fraction of sp³-hybridized carbons (Fsp3) is 0.290. The van der Waals surface area contributed by atoms with Crippen LogP contribution in [0.2, 0.25) is 0 Å². The number of benzene rings is 3. The van der Waals surface area contributed by atoms with E-state index in [4.69, 9.17) is 18.9 Å². The van der Waals surface area contributed by atoms with Crippen molar-refractivity contribution < 1.29 is 28.5 Å². The van der Waals surface area contributed by atoms with Crippen LogP contribution in [0.15, 0.2) is 60.7 Å². The van der Waals surface area contributed by atoms with E-state index in [1.807, 2.05) is 54.6 Å². The molecule has 6 rings (SSSR count). The highest BCUT2D eigenvalue weighted by molar-refractivity contribution is 5.97. The Hall–Kier alpha value is -4.66. The second kappa shape index (κ2) is 10.1. The Morgan fingerprint density at radius 1 is 0.850 bits per heavy atom. The molecule has 1 saturated heterocycles. The number of nitrogens with zero attached hydrogens (tertiary/aromatic N) is 2. The lowest BCUT2D eigenvalue weighted by Crippen LogP contribution is -2.62. The minimum Gasteiger partial charge on any atom is -0.496 e. The molecule has 9 heteroatoms. The molecule has 2 aliphatic rings. The van der Waals surface area contributed by atoms with E-state index in [-0.39, 0.29) is 24.9 Å². The largest absolute Gasteiger partial charge is 0.496 e. The van der Waals surface area contributed by atoms with E-state index in [1.54, 1.807) is 38.2 Å². The zero-order valence-electron chi connectivity index (χ0n) is 22.9. The molecule has 3 aromatic carbocycles. The van der Waals surface area contributed by atoms with Crippen molar-refractivity contribution in [3.8, 4) is 23.0 Å². The lowest BCUT2D eigenvalue weighted by molar-refractivity contribution is -0.159. The lowest BCUT2D eigenvalue weighted by atomic mass is 9.85. The van der Waals surface area contributed by atoms with Crippen LogP contribution in [0.1, 0.15) is 28.4 Å². The van der Waals surface area contributed by atoms with Gasteiger partial charge in [0.15, 0.2) is 11.5 Å². The molecule has 0 aliphatic carbocycles. The molecule has 40 heavy (non-hydrogen) atoms. The SMILES string of the molecule is COc1ccccc1[C@H]1c2[nH]c3ccccc3c2C[C@H]2C(=O)N(Cc3cc(OC)c(OC)c(OC)c3)CC(=O)N12. The van der Waals surface area contributed by atoms with Gasteiger partial charge >= 0.3 is 0 Å². The molecule has 0 unspecified atom stereocenters. The number of H-pyrrole nitrogens is 1. The second-order valence-electron chi connectivity index (χ2n) is 9.96. The number of piperazine rings is 1. The number of nitrogens with one attached hydrogen (secondary N) is 1. The molecule has 2 aliphatic heterocycles. The Kier molecular flexibility index (Phi) is 6.50. The number of methoxy groups -OCH3 is 4. The average molecular weight is 542 g/mol. The molecule has 1 aromatic heterocycles. The van der Waals surface area contributed by atoms with E-state index in [1.165, 1.54) is 0 Å². The topological polar surface area (TPSA) is 93.3 Å². The van der Waals surface area contributed by atoms with Crippen LogP contribution in [0.3, 0.4) is 0 Å². The first-order valence-electron chi connectivity index (χ1n) is 13.1. The van der Waals surface area contributed by atoms with Crippen molar-refractivity contribution in [2.75, 3.05) is 35.0 Å². The van der Waals surface area contributed by atoms with Gasteiger partial charge in [-0.25, -0.2) is 0 Å². The lowest BCUT2D eigenvalue weighted by Gasteiger charge is -2.47. The van der Waals surface area contributed by atoms with Crippen LogP contribution in [0, 0.1) is 0 Å². The van der Waals surface area contributed by atoms with E-state index in [0.29, 0.717) is 29.4 Å². The van der Waals surface area contributed by atoms with E-state index >= 15 is 0 Å². The third kappa shape index (κ3) is 4.00. The quantitative estimate of drug-likeness (QED) is 0.379. The Labute approximate surface area is 232 Å². The van der Waals surface area contributed by atoms with Crippen molar-refractivity contribution in [2.24, 2.45) is 0 Å². The molecule has 0 bridgehead atoms. The average Bonchev–Trinajstić information content (AvgIpc) is 3.36. The summed E-state index contributed by atoms with van der Waals surface area (Å²) in [5.41, 5.74) is 4.54. The van der Waals surface area contributed by atoms with Gasteiger partial charge in [0.2, 0.25) is 17.6 Å². The fourth-order valence-corrected chi connectivity index (χ4v) is 6.12. The Morgan fingerprint density at radius 3 is 2.23 bits per heavy atom. The molecule has 0 spiro atoms.